The first kappa shape index (κ1) is 7.27. The van der Waals surface area contributed by atoms with Gasteiger partial charge in [-0.1, -0.05) is 0 Å². The van der Waals surface area contributed by atoms with Crippen LogP contribution in [-0.2, 0) is 7.05 Å². The molecule has 60 valence electrons. The number of aromatic nitrogens is 4. The first-order chi connectivity index (χ1) is 5.68. The van der Waals surface area contributed by atoms with E-state index in [1.54, 1.807) is 10.9 Å². The minimum atomic E-state index is 0.795. The van der Waals surface area contributed by atoms with E-state index in [0.29, 0.717) is 0 Å². The minimum Gasteiger partial charge on any atom is -0.250 e. The number of hydrogen-bond donors (Lipinski definition) is 0. The fraction of sp³-hybridized carbons (Fsp3) is 0.286. The van der Waals surface area contributed by atoms with Crippen LogP contribution >= 0.6 is 0 Å². The smallest absolute Gasteiger partial charge is 0.165 e. The number of fused-ring (bicyclic) bond motifs is 1. The molecule has 0 N–H and O–H groups in total. The molecule has 0 unspecified atom stereocenters. The van der Waals surface area contributed by atoms with Crippen LogP contribution in [0.25, 0.3) is 11.0 Å². The van der Waals surface area contributed by atoms with Gasteiger partial charge in [0.2, 0.25) is 0 Å². The van der Waals surface area contributed by atoms with E-state index in [1.165, 1.54) is 0 Å². The summed E-state index contributed by atoms with van der Waals surface area (Å²) in [6.45, 7) is 1.89. The molecule has 0 saturated heterocycles. The molecule has 0 bridgehead atoms. The molecule has 12 heavy (non-hydrogen) atoms. The highest BCUT2D eigenvalue weighted by Gasteiger charge is 2.04. The molecule has 0 aromatic carbocycles. The van der Waals surface area contributed by atoms with Crippen molar-refractivity contribution < 1.29 is 0 Å². The lowest BCUT2D eigenvalue weighted by Gasteiger charge is -1.97. The Labute approximate surface area is 71.0 Å². The van der Waals surface area contributed by atoms with Crippen LogP contribution in [0.1, 0.15) is 5.82 Å². The Morgan fingerprint density at radius 1 is 1.42 bits per heavy atom. The van der Waals surface area contributed by atoms with Gasteiger partial charge in [-0.3, -0.25) is 4.68 Å². The van der Waals surface area contributed by atoms with Gasteiger partial charge in [0.05, 0.1) is 11.6 Å². The molecule has 0 amide bonds. The number of hydrogen-bond acceptors (Lipinski definition) is 3. The molecule has 0 saturated carbocycles. The van der Waals surface area contributed by atoms with Gasteiger partial charge in [0.1, 0.15) is 5.82 Å². The molecular weight excluding hydrogens is 151 g/mol. The summed E-state index contributed by atoms with van der Waals surface area (Å²) in [6.07, 6.45) is 1.80. The predicted octanol–water partition coefficient (Wildman–Crippen LogP) is -1.07. The summed E-state index contributed by atoms with van der Waals surface area (Å²) in [5.74, 6) is 0.795. The molecule has 0 aliphatic rings. The van der Waals surface area contributed by atoms with E-state index in [9.17, 15) is 0 Å². The Morgan fingerprint density at radius 3 is 2.92 bits per heavy atom. The second-order valence-corrected chi connectivity index (χ2v) is 2.86. The average Bonchev–Trinajstić information content (AvgIpc) is 2.33. The fourth-order valence-corrected chi connectivity index (χ4v) is 1.30. The maximum atomic E-state index is 4.29. The first-order valence-electron chi connectivity index (χ1n) is 3.81. The van der Waals surface area contributed by atoms with Crippen molar-refractivity contribution in [1.82, 2.24) is 19.7 Å². The van der Waals surface area contributed by atoms with Crippen molar-refractivity contribution in [1.29, 1.82) is 0 Å². The molecule has 0 spiro atoms. The number of rotatable bonds is 0. The van der Waals surface area contributed by atoms with E-state index in [2.05, 4.69) is 15.1 Å². The third-order valence-corrected chi connectivity index (χ3v) is 1.89. The first-order valence-corrected chi connectivity index (χ1v) is 3.81. The van der Waals surface area contributed by atoms with Crippen molar-refractivity contribution in [2.24, 2.45) is 7.05 Å². The Morgan fingerprint density at radius 2 is 2.17 bits per heavy atom. The standard InChI is InChI=1S/C7H9BN4/c1-4-10-6(8)5-3-9-12(2)7(5)11-4/h3H,8H2,1-2H3. The third-order valence-electron chi connectivity index (χ3n) is 1.89. The van der Waals surface area contributed by atoms with Gasteiger partial charge in [-0.15, -0.1) is 0 Å². The highest BCUT2D eigenvalue weighted by molar-refractivity contribution is 6.36. The van der Waals surface area contributed by atoms with Crippen LogP contribution in [0, 0.1) is 6.92 Å². The lowest BCUT2D eigenvalue weighted by Crippen LogP contribution is -2.12. The molecule has 4 nitrogen and oxygen atoms in total. The highest BCUT2D eigenvalue weighted by Crippen LogP contribution is 2.04. The van der Waals surface area contributed by atoms with Crippen LogP contribution in [0.3, 0.4) is 0 Å². The van der Waals surface area contributed by atoms with Gasteiger partial charge in [-0.25, -0.2) is 9.97 Å². The van der Waals surface area contributed by atoms with Gasteiger partial charge in [0.15, 0.2) is 13.5 Å². The zero-order chi connectivity index (χ0) is 8.72. The van der Waals surface area contributed by atoms with E-state index in [1.807, 2.05) is 21.8 Å². The molecule has 2 rings (SSSR count). The highest BCUT2D eigenvalue weighted by atomic mass is 15.3. The van der Waals surface area contributed by atoms with Crippen molar-refractivity contribution in [2.45, 2.75) is 6.92 Å². The van der Waals surface area contributed by atoms with Gasteiger partial charge in [-0.05, 0) is 6.92 Å². The van der Waals surface area contributed by atoms with Crippen LogP contribution in [0.5, 0.6) is 0 Å². The second kappa shape index (κ2) is 2.30. The molecule has 0 fully saturated rings. The van der Waals surface area contributed by atoms with Gasteiger partial charge in [0.25, 0.3) is 0 Å². The quantitative estimate of drug-likeness (QED) is 0.461. The topological polar surface area (TPSA) is 43.6 Å². The summed E-state index contributed by atoms with van der Waals surface area (Å²) in [5, 5.41) is 5.14. The van der Waals surface area contributed by atoms with E-state index < -0.39 is 0 Å². The van der Waals surface area contributed by atoms with Gasteiger partial charge >= 0.3 is 0 Å². The SMILES string of the molecule is Bc1nc(C)nc2c1cnn2C. The van der Waals surface area contributed by atoms with Crippen molar-refractivity contribution in [3.8, 4) is 0 Å². The van der Waals surface area contributed by atoms with Gasteiger partial charge in [-0.2, -0.15) is 5.10 Å². The summed E-state index contributed by atoms with van der Waals surface area (Å²) in [7, 11) is 3.85. The Bertz CT molecular complexity index is 434. The number of aryl methyl sites for hydroxylation is 2. The molecule has 2 aromatic rings. The van der Waals surface area contributed by atoms with Crippen LogP contribution in [0.4, 0.5) is 0 Å². The lowest BCUT2D eigenvalue weighted by atomic mass is 10.0. The minimum absolute atomic E-state index is 0.795. The summed E-state index contributed by atoms with van der Waals surface area (Å²) < 4.78 is 1.76. The monoisotopic (exact) mass is 160 g/mol. The Kier molecular flexibility index (Phi) is 1.39. The van der Waals surface area contributed by atoms with E-state index in [0.717, 1.165) is 22.5 Å². The lowest BCUT2D eigenvalue weighted by molar-refractivity contribution is 0.783. The molecule has 2 heterocycles. The van der Waals surface area contributed by atoms with Crippen LogP contribution in [0.2, 0.25) is 0 Å². The van der Waals surface area contributed by atoms with Crippen LogP contribution < -0.4 is 5.59 Å². The molecule has 0 aliphatic heterocycles. The summed E-state index contributed by atoms with van der Waals surface area (Å²) in [5.41, 5.74) is 1.89. The Balaban J connectivity index is 2.92. The zero-order valence-corrected chi connectivity index (χ0v) is 7.37. The Hall–Kier alpha value is -1.39. The average molecular weight is 160 g/mol. The van der Waals surface area contributed by atoms with Gasteiger partial charge in [0, 0.05) is 12.6 Å². The fourth-order valence-electron chi connectivity index (χ4n) is 1.30. The predicted molar refractivity (Wildman–Crippen MR) is 49.2 cm³/mol. The van der Waals surface area contributed by atoms with E-state index in [4.69, 9.17) is 0 Å². The molecule has 5 heteroatoms. The molecule has 0 aliphatic carbocycles. The second-order valence-electron chi connectivity index (χ2n) is 2.86. The van der Waals surface area contributed by atoms with Crippen molar-refractivity contribution in [3.63, 3.8) is 0 Å². The summed E-state index contributed by atoms with van der Waals surface area (Å²) in [6, 6.07) is 0. The number of nitrogens with zero attached hydrogens (tertiary/aromatic N) is 4. The van der Waals surface area contributed by atoms with Crippen LogP contribution in [0.15, 0.2) is 6.20 Å². The zero-order valence-electron chi connectivity index (χ0n) is 7.37. The molecule has 2 aromatic heterocycles. The largest absolute Gasteiger partial charge is 0.250 e. The van der Waals surface area contributed by atoms with Crippen LogP contribution in [-0.4, -0.2) is 27.6 Å². The van der Waals surface area contributed by atoms with E-state index >= 15 is 0 Å². The van der Waals surface area contributed by atoms with Crippen molar-refractivity contribution in [3.05, 3.63) is 12.0 Å². The maximum Gasteiger partial charge on any atom is 0.165 e. The third kappa shape index (κ3) is 0.896. The normalized spacial score (nSPS) is 10.8. The van der Waals surface area contributed by atoms with Crippen molar-refractivity contribution >= 4 is 24.5 Å². The van der Waals surface area contributed by atoms with Gasteiger partial charge < -0.3 is 0 Å². The van der Waals surface area contributed by atoms with E-state index in [-0.39, 0.29) is 0 Å². The van der Waals surface area contributed by atoms with Crippen molar-refractivity contribution in [2.75, 3.05) is 0 Å². The molecular formula is C7H9BN4. The molecule has 0 atom stereocenters. The maximum absolute atomic E-state index is 4.29. The summed E-state index contributed by atoms with van der Waals surface area (Å²) in [4.78, 5) is 8.54. The summed E-state index contributed by atoms with van der Waals surface area (Å²) >= 11 is 0. The molecule has 0 radical (unpaired) electrons.